The highest BCUT2D eigenvalue weighted by Crippen LogP contribution is 2.20. The first kappa shape index (κ1) is 13.2. The van der Waals surface area contributed by atoms with Crippen LogP contribution in [0.25, 0.3) is 11.5 Å². The van der Waals surface area contributed by atoms with Crippen molar-refractivity contribution in [3.63, 3.8) is 0 Å². The second-order valence-electron chi connectivity index (χ2n) is 4.31. The molecule has 7 heteroatoms. The molecule has 7 nitrogen and oxygen atoms in total. The standard InChI is InChI=1S/C14H13N5O2/c1-20-11-8-7-10(17-18-11)13-16-14(21-19-13)12(15)9-5-3-2-4-6-9/h2-8,12H,15H2,1H3/t12-/m1/s1. The Morgan fingerprint density at radius 1 is 1.10 bits per heavy atom. The Bertz CT molecular complexity index is 712. The summed E-state index contributed by atoms with van der Waals surface area (Å²) in [6, 6.07) is 12.4. The van der Waals surface area contributed by atoms with Crippen LogP contribution in [0, 0.1) is 0 Å². The van der Waals surface area contributed by atoms with E-state index in [0.717, 1.165) is 5.56 Å². The predicted molar refractivity (Wildman–Crippen MR) is 74.3 cm³/mol. The van der Waals surface area contributed by atoms with Gasteiger partial charge in [0, 0.05) is 6.07 Å². The molecular weight excluding hydrogens is 270 g/mol. The summed E-state index contributed by atoms with van der Waals surface area (Å²) in [4.78, 5) is 4.27. The highest BCUT2D eigenvalue weighted by Gasteiger charge is 2.18. The lowest BCUT2D eigenvalue weighted by atomic mass is 10.1. The fraction of sp³-hybridized carbons (Fsp3) is 0.143. The molecule has 2 heterocycles. The molecule has 0 bridgehead atoms. The van der Waals surface area contributed by atoms with Gasteiger partial charge in [0.1, 0.15) is 11.7 Å². The Kier molecular flexibility index (Phi) is 3.57. The molecule has 2 N–H and O–H groups in total. The van der Waals surface area contributed by atoms with E-state index in [0.29, 0.717) is 23.3 Å². The molecule has 3 rings (SSSR count). The molecule has 0 aliphatic carbocycles. The Morgan fingerprint density at radius 3 is 2.57 bits per heavy atom. The highest BCUT2D eigenvalue weighted by molar-refractivity contribution is 5.47. The van der Waals surface area contributed by atoms with Crippen molar-refractivity contribution in [1.82, 2.24) is 20.3 Å². The molecule has 1 aromatic carbocycles. The maximum absolute atomic E-state index is 6.10. The summed E-state index contributed by atoms with van der Waals surface area (Å²) < 4.78 is 10.2. The van der Waals surface area contributed by atoms with Crippen molar-refractivity contribution < 1.29 is 9.26 Å². The molecule has 3 aromatic rings. The average Bonchev–Trinajstić information content (AvgIpc) is 3.05. The fourth-order valence-electron chi connectivity index (χ4n) is 1.82. The number of nitrogens with two attached hydrogens (primary N) is 1. The molecule has 0 saturated heterocycles. The predicted octanol–water partition coefficient (Wildman–Crippen LogP) is 1.58. The number of ether oxygens (including phenoxy) is 1. The van der Waals surface area contributed by atoms with Gasteiger partial charge < -0.3 is 15.0 Å². The van der Waals surface area contributed by atoms with Gasteiger partial charge in [-0.05, 0) is 11.6 Å². The lowest BCUT2D eigenvalue weighted by molar-refractivity contribution is 0.367. The molecule has 0 fully saturated rings. The van der Waals surface area contributed by atoms with Gasteiger partial charge >= 0.3 is 0 Å². The van der Waals surface area contributed by atoms with E-state index in [1.54, 1.807) is 12.1 Å². The van der Waals surface area contributed by atoms with Gasteiger partial charge in [-0.2, -0.15) is 4.98 Å². The van der Waals surface area contributed by atoms with Crippen LogP contribution in [0.1, 0.15) is 17.5 Å². The van der Waals surface area contributed by atoms with Crippen LogP contribution in [-0.2, 0) is 0 Å². The first-order chi connectivity index (χ1) is 10.3. The Balaban J connectivity index is 1.85. The number of hydrogen-bond acceptors (Lipinski definition) is 7. The van der Waals surface area contributed by atoms with Gasteiger partial charge in [0.2, 0.25) is 17.6 Å². The van der Waals surface area contributed by atoms with Crippen molar-refractivity contribution in [2.45, 2.75) is 6.04 Å². The Labute approximate surface area is 120 Å². The molecule has 1 atom stereocenters. The third-order valence-electron chi connectivity index (χ3n) is 2.94. The van der Waals surface area contributed by atoms with E-state index in [-0.39, 0.29) is 0 Å². The number of methoxy groups -OCH3 is 1. The number of benzene rings is 1. The lowest BCUT2D eigenvalue weighted by Crippen LogP contribution is -2.12. The first-order valence-corrected chi connectivity index (χ1v) is 6.30. The Morgan fingerprint density at radius 2 is 1.90 bits per heavy atom. The molecule has 0 radical (unpaired) electrons. The average molecular weight is 283 g/mol. The quantitative estimate of drug-likeness (QED) is 0.775. The topological polar surface area (TPSA) is 100.0 Å². The number of hydrogen-bond donors (Lipinski definition) is 1. The summed E-state index contributed by atoms with van der Waals surface area (Å²) in [5.74, 6) is 1.09. The number of aromatic nitrogens is 4. The largest absolute Gasteiger partial charge is 0.480 e. The zero-order chi connectivity index (χ0) is 14.7. The van der Waals surface area contributed by atoms with Gasteiger partial charge in [0.05, 0.1) is 7.11 Å². The van der Waals surface area contributed by atoms with Crippen LogP contribution >= 0.6 is 0 Å². The lowest BCUT2D eigenvalue weighted by Gasteiger charge is -2.05. The normalized spacial score (nSPS) is 12.1. The molecule has 0 saturated carbocycles. The molecule has 0 aliphatic rings. The van der Waals surface area contributed by atoms with Gasteiger partial charge in [-0.1, -0.05) is 35.5 Å². The summed E-state index contributed by atoms with van der Waals surface area (Å²) in [6.45, 7) is 0. The van der Waals surface area contributed by atoms with Crippen LogP contribution in [0.2, 0.25) is 0 Å². The molecule has 2 aromatic heterocycles. The maximum Gasteiger partial charge on any atom is 0.248 e. The van der Waals surface area contributed by atoms with Crippen LogP contribution in [0.3, 0.4) is 0 Å². The van der Waals surface area contributed by atoms with E-state index in [1.807, 2.05) is 30.3 Å². The van der Waals surface area contributed by atoms with Crippen LogP contribution in [0.4, 0.5) is 0 Å². The van der Waals surface area contributed by atoms with E-state index in [1.165, 1.54) is 7.11 Å². The fourth-order valence-corrected chi connectivity index (χ4v) is 1.82. The molecular formula is C14H13N5O2. The molecule has 0 unspecified atom stereocenters. The molecule has 0 aliphatic heterocycles. The van der Waals surface area contributed by atoms with Crippen molar-refractivity contribution in [2.75, 3.05) is 7.11 Å². The van der Waals surface area contributed by atoms with Crippen LogP contribution in [0.5, 0.6) is 5.88 Å². The third-order valence-corrected chi connectivity index (χ3v) is 2.94. The molecule has 106 valence electrons. The summed E-state index contributed by atoms with van der Waals surface area (Å²) in [7, 11) is 1.52. The summed E-state index contributed by atoms with van der Waals surface area (Å²) in [6.07, 6.45) is 0. The van der Waals surface area contributed by atoms with Crippen molar-refractivity contribution in [2.24, 2.45) is 5.73 Å². The Hall–Kier alpha value is -2.80. The van der Waals surface area contributed by atoms with Gasteiger partial charge in [0.15, 0.2) is 0 Å². The number of rotatable bonds is 4. The molecule has 21 heavy (non-hydrogen) atoms. The SMILES string of the molecule is COc1ccc(-c2noc([C@H](N)c3ccccc3)n2)nn1. The third kappa shape index (κ3) is 2.72. The minimum Gasteiger partial charge on any atom is -0.480 e. The van der Waals surface area contributed by atoms with Gasteiger partial charge in [0.25, 0.3) is 0 Å². The van der Waals surface area contributed by atoms with Crippen LogP contribution < -0.4 is 10.5 Å². The van der Waals surface area contributed by atoms with E-state index < -0.39 is 6.04 Å². The van der Waals surface area contributed by atoms with E-state index >= 15 is 0 Å². The zero-order valence-corrected chi connectivity index (χ0v) is 11.3. The second kappa shape index (κ2) is 5.68. The minimum atomic E-state index is -0.473. The second-order valence-corrected chi connectivity index (χ2v) is 4.31. The monoisotopic (exact) mass is 283 g/mol. The van der Waals surface area contributed by atoms with Crippen molar-refractivity contribution in [1.29, 1.82) is 0 Å². The van der Waals surface area contributed by atoms with Gasteiger partial charge in [-0.3, -0.25) is 0 Å². The maximum atomic E-state index is 6.10. The molecule has 0 amide bonds. The summed E-state index contributed by atoms with van der Waals surface area (Å²) >= 11 is 0. The first-order valence-electron chi connectivity index (χ1n) is 6.30. The van der Waals surface area contributed by atoms with E-state index in [4.69, 9.17) is 15.0 Å². The summed E-state index contributed by atoms with van der Waals surface area (Å²) in [5, 5.41) is 11.7. The smallest absolute Gasteiger partial charge is 0.248 e. The van der Waals surface area contributed by atoms with Crippen LogP contribution in [-0.4, -0.2) is 27.4 Å². The highest BCUT2D eigenvalue weighted by atomic mass is 16.5. The van der Waals surface area contributed by atoms with E-state index in [9.17, 15) is 0 Å². The van der Waals surface area contributed by atoms with Gasteiger partial charge in [-0.25, -0.2) is 0 Å². The van der Waals surface area contributed by atoms with Crippen molar-refractivity contribution >= 4 is 0 Å². The van der Waals surface area contributed by atoms with E-state index in [2.05, 4.69) is 20.3 Å². The zero-order valence-electron chi connectivity index (χ0n) is 11.3. The van der Waals surface area contributed by atoms with Crippen molar-refractivity contribution in [3.05, 3.63) is 53.9 Å². The number of nitrogens with zero attached hydrogens (tertiary/aromatic N) is 4. The molecule has 0 spiro atoms. The summed E-state index contributed by atoms with van der Waals surface area (Å²) in [5.41, 5.74) is 7.49. The minimum absolute atomic E-state index is 0.328. The van der Waals surface area contributed by atoms with Crippen LogP contribution in [0.15, 0.2) is 47.0 Å². The van der Waals surface area contributed by atoms with Gasteiger partial charge in [-0.15, -0.1) is 10.2 Å². The van der Waals surface area contributed by atoms with Crippen molar-refractivity contribution in [3.8, 4) is 17.4 Å².